The molecule has 0 aromatic rings. The third-order valence-corrected chi connectivity index (χ3v) is 3.87. The third kappa shape index (κ3) is 1.32. The van der Waals surface area contributed by atoms with Gasteiger partial charge in [0.15, 0.2) is 5.78 Å². The monoisotopic (exact) mass is 181 g/mol. The molecule has 13 heavy (non-hydrogen) atoms. The quantitative estimate of drug-likeness (QED) is 0.565. The Balaban J connectivity index is 2.24. The van der Waals surface area contributed by atoms with Crippen LogP contribution in [0.25, 0.3) is 0 Å². The second-order valence-electron chi connectivity index (χ2n) is 4.93. The minimum atomic E-state index is 0.231. The molecule has 0 unspecified atom stereocenters. The first-order valence-electron chi connectivity index (χ1n) is 5.35. The Morgan fingerprint density at radius 1 is 1.23 bits per heavy atom. The molecule has 0 N–H and O–H groups in total. The van der Waals surface area contributed by atoms with Crippen molar-refractivity contribution in [1.29, 1.82) is 0 Å². The molecule has 1 saturated carbocycles. The van der Waals surface area contributed by atoms with Gasteiger partial charge in [-0.25, -0.2) is 0 Å². The van der Waals surface area contributed by atoms with Crippen molar-refractivity contribution in [2.45, 2.75) is 32.7 Å². The first-order chi connectivity index (χ1) is 6.11. The minimum absolute atomic E-state index is 0.231. The number of carbonyl (C=O) groups is 1. The number of hydrogen-bond acceptors (Lipinski definition) is 2. The maximum absolute atomic E-state index is 12.0. The molecular formula is C11H19NO. The van der Waals surface area contributed by atoms with Crippen LogP contribution in [0.15, 0.2) is 0 Å². The molecule has 2 heteroatoms. The predicted molar refractivity (Wildman–Crippen MR) is 52.5 cm³/mol. The standard InChI is InChI=1S/C11H19NO/c1-7-4-5-9-8(2)6-12(3)10(7)11(9)13/h7-10H,4-6H2,1-3H3/t7-,8-,9-,10-/m0/s1. The number of hydrogen-bond donors (Lipinski definition) is 0. The number of ketones is 1. The van der Waals surface area contributed by atoms with E-state index in [4.69, 9.17) is 0 Å². The van der Waals surface area contributed by atoms with E-state index in [0.717, 1.165) is 13.0 Å². The lowest BCUT2D eigenvalue weighted by atomic mass is 9.69. The lowest BCUT2D eigenvalue weighted by Gasteiger charge is -2.46. The molecule has 0 radical (unpaired) electrons. The van der Waals surface area contributed by atoms with Gasteiger partial charge in [0, 0.05) is 12.5 Å². The topological polar surface area (TPSA) is 20.3 Å². The number of fused-ring (bicyclic) bond motifs is 2. The lowest BCUT2D eigenvalue weighted by Crippen LogP contribution is -2.56. The molecule has 1 heterocycles. The van der Waals surface area contributed by atoms with Crippen LogP contribution in [0.5, 0.6) is 0 Å². The number of piperidine rings is 1. The van der Waals surface area contributed by atoms with E-state index in [1.54, 1.807) is 0 Å². The number of likely N-dealkylation sites (N-methyl/N-ethyl adjacent to an activating group) is 1. The fourth-order valence-corrected chi connectivity index (χ4v) is 3.15. The van der Waals surface area contributed by atoms with Crippen LogP contribution in [0.4, 0.5) is 0 Å². The zero-order chi connectivity index (χ0) is 9.59. The van der Waals surface area contributed by atoms with Gasteiger partial charge in [0.25, 0.3) is 0 Å². The molecule has 4 atom stereocenters. The Labute approximate surface area is 80.3 Å². The van der Waals surface area contributed by atoms with Gasteiger partial charge >= 0.3 is 0 Å². The molecule has 0 aromatic carbocycles. The summed E-state index contributed by atoms with van der Waals surface area (Å²) in [7, 11) is 2.09. The van der Waals surface area contributed by atoms with E-state index in [9.17, 15) is 4.79 Å². The Hall–Kier alpha value is -0.370. The average Bonchev–Trinajstić information content (AvgIpc) is 2.01. The molecule has 0 spiro atoms. The average molecular weight is 181 g/mol. The van der Waals surface area contributed by atoms with E-state index in [0.29, 0.717) is 23.5 Å². The van der Waals surface area contributed by atoms with E-state index >= 15 is 0 Å². The molecule has 1 saturated heterocycles. The summed E-state index contributed by atoms with van der Waals surface area (Å²) in [6, 6.07) is 0.231. The number of nitrogens with zero attached hydrogens (tertiary/aromatic N) is 1. The largest absolute Gasteiger partial charge is 0.298 e. The molecule has 0 amide bonds. The fourth-order valence-electron chi connectivity index (χ4n) is 3.15. The van der Waals surface area contributed by atoms with Crippen molar-refractivity contribution in [3.63, 3.8) is 0 Å². The summed E-state index contributed by atoms with van der Waals surface area (Å²) < 4.78 is 0. The van der Waals surface area contributed by atoms with Gasteiger partial charge in [-0.2, -0.15) is 0 Å². The molecule has 2 aliphatic rings. The maximum Gasteiger partial charge on any atom is 0.153 e. The van der Waals surface area contributed by atoms with Crippen LogP contribution in [0.2, 0.25) is 0 Å². The van der Waals surface area contributed by atoms with Gasteiger partial charge in [-0.15, -0.1) is 0 Å². The highest BCUT2D eigenvalue weighted by Gasteiger charge is 2.44. The summed E-state index contributed by atoms with van der Waals surface area (Å²) in [5.41, 5.74) is 0. The first-order valence-corrected chi connectivity index (χ1v) is 5.35. The molecular weight excluding hydrogens is 162 g/mol. The summed E-state index contributed by atoms with van der Waals surface area (Å²) in [6.45, 7) is 5.53. The lowest BCUT2D eigenvalue weighted by molar-refractivity contribution is -0.140. The van der Waals surface area contributed by atoms with Gasteiger partial charge in [0.2, 0.25) is 0 Å². The highest BCUT2D eigenvalue weighted by molar-refractivity contribution is 5.88. The second kappa shape index (κ2) is 3.09. The molecule has 1 aliphatic heterocycles. The zero-order valence-electron chi connectivity index (χ0n) is 8.79. The normalized spacial score (nSPS) is 46.5. The van der Waals surface area contributed by atoms with Crippen molar-refractivity contribution in [3.8, 4) is 0 Å². The van der Waals surface area contributed by atoms with E-state index in [1.807, 2.05) is 0 Å². The van der Waals surface area contributed by atoms with E-state index in [-0.39, 0.29) is 6.04 Å². The maximum atomic E-state index is 12.0. The van der Waals surface area contributed by atoms with Crippen molar-refractivity contribution >= 4 is 5.78 Å². The molecule has 2 fully saturated rings. The van der Waals surface area contributed by atoms with E-state index in [1.165, 1.54) is 6.42 Å². The van der Waals surface area contributed by atoms with Crippen LogP contribution >= 0.6 is 0 Å². The van der Waals surface area contributed by atoms with Crippen LogP contribution in [0.1, 0.15) is 26.7 Å². The zero-order valence-corrected chi connectivity index (χ0v) is 8.79. The van der Waals surface area contributed by atoms with Gasteiger partial charge in [-0.05, 0) is 31.7 Å². The SMILES string of the molecule is C[C@H]1CN(C)[C@@H]2C(=O)[C@H]1CC[C@@H]2C. The fraction of sp³-hybridized carbons (Fsp3) is 0.909. The van der Waals surface area contributed by atoms with Crippen molar-refractivity contribution < 1.29 is 4.79 Å². The smallest absolute Gasteiger partial charge is 0.153 e. The number of rotatable bonds is 0. The highest BCUT2D eigenvalue weighted by Crippen LogP contribution is 2.37. The summed E-state index contributed by atoms with van der Waals surface area (Å²) in [5.74, 6) is 2.03. The van der Waals surface area contributed by atoms with Crippen LogP contribution in [-0.4, -0.2) is 30.3 Å². The summed E-state index contributed by atoms with van der Waals surface area (Å²) in [4.78, 5) is 14.3. The molecule has 74 valence electrons. The number of Topliss-reactive ketones (excluding diaryl/α,β-unsaturated/α-hetero) is 1. The van der Waals surface area contributed by atoms with Gasteiger partial charge in [-0.1, -0.05) is 13.8 Å². The summed E-state index contributed by atoms with van der Waals surface area (Å²) >= 11 is 0. The number of likely N-dealkylation sites (tertiary alicyclic amines) is 1. The van der Waals surface area contributed by atoms with Gasteiger partial charge in [0.05, 0.1) is 6.04 Å². The predicted octanol–water partition coefficient (Wildman–Crippen LogP) is 1.55. The summed E-state index contributed by atoms with van der Waals surface area (Å²) in [5, 5.41) is 0. The second-order valence-corrected chi connectivity index (χ2v) is 4.93. The molecule has 2 bridgehead atoms. The Morgan fingerprint density at radius 3 is 2.62 bits per heavy atom. The third-order valence-electron chi connectivity index (χ3n) is 3.87. The van der Waals surface area contributed by atoms with Crippen LogP contribution < -0.4 is 0 Å². The van der Waals surface area contributed by atoms with E-state index in [2.05, 4.69) is 25.8 Å². The first kappa shape index (κ1) is 9.20. The summed E-state index contributed by atoms with van der Waals surface area (Å²) in [6.07, 6.45) is 2.36. The molecule has 1 aliphatic carbocycles. The van der Waals surface area contributed by atoms with Crippen molar-refractivity contribution in [3.05, 3.63) is 0 Å². The Bertz CT molecular complexity index is 226. The van der Waals surface area contributed by atoms with Crippen LogP contribution in [-0.2, 0) is 4.79 Å². The molecule has 2 nitrogen and oxygen atoms in total. The van der Waals surface area contributed by atoms with Crippen LogP contribution in [0.3, 0.4) is 0 Å². The van der Waals surface area contributed by atoms with Crippen molar-refractivity contribution in [2.24, 2.45) is 17.8 Å². The number of carbonyl (C=O) groups excluding carboxylic acids is 1. The molecule has 0 aromatic heterocycles. The van der Waals surface area contributed by atoms with Gasteiger partial charge in [0.1, 0.15) is 0 Å². The Kier molecular flexibility index (Phi) is 2.18. The highest BCUT2D eigenvalue weighted by atomic mass is 16.1. The van der Waals surface area contributed by atoms with Crippen molar-refractivity contribution in [2.75, 3.05) is 13.6 Å². The van der Waals surface area contributed by atoms with E-state index < -0.39 is 0 Å². The van der Waals surface area contributed by atoms with Crippen LogP contribution in [0, 0.1) is 17.8 Å². The Morgan fingerprint density at radius 2 is 1.92 bits per heavy atom. The molecule has 2 rings (SSSR count). The minimum Gasteiger partial charge on any atom is -0.298 e. The van der Waals surface area contributed by atoms with Gasteiger partial charge < -0.3 is 0 Å². The van der Waals surface area contributed by atoms with Gasteiger partial charge in [-0.3, -0.25) is 9.69 Å². The van der Waals surface area contributed by atoms with Crippen molar-refractivity contribution in [1.82, 2.24) is 4.90 Å².